The molecule has 0 aliphatic carbocycles. The van der Waals surface area contributed by atoms with Crippen LogP contribution in [-0.2, 0) is 13.0 Å². The van der Waals surface area contributed by atoms with Gasteiger partial charge in [-0.3, -0.25) is 0 Å². The first kappa shape index (κ1) is 13.9. The molecule has 0 aliphatic rings. The molecule has 0 unspecified atom stereocenters. The van der Waals surface area contributed by atoms with Crippen molar-refractivity contribution in [3.05, 3.63) is 50.9 Å². The van der Waals surface area contributed by atoms with E-state index in [4.69, 9.17) is 23.2 Å². The summed E-state index contributed by atoms with van der Waals surface area (Å²) in [4.78, 5) is 6.03. The number of rotatable bonds is 4. The van der Waals surface area contributed by atoms with Crippen molar-refractivity contribution in [2.45, 2.75) is 19.9 Å². The molecular formula is C15H14Cl2N2S. The van der Waals surface area contributed by atoms with Crippen molar-refractivity contribution in [2.75, 3.05) is 5.88 Å². The van der Waals surface area contributed by atoms with Crippen molar-refractivity contribution in [2.24, 2.45) is 0 Å². The Morgan fingerprint density at radius 1 is 1.30 bits per heavy atom. The van der Waals surface area contributed by atoms with Crippen LogP contribution in [0.1, 0.15) is 16.3 Å². The van der Waals surface area contributed by atoms with Crippen molar-refractivity contribution < 1.29 is 0 Å². The highest BCUT2D eigenvalue weighted by Gasteiger charge is 2.12. The van der Waals surface area contributed by atoms with Crippen LogP contribution in [0.3, 0.4) is 0 Å². The summed E-state index contributed by atoms with van der Waals surface area (Å²) in [6, 6.07) is 7.97. The van der Waals surface area contributed by atoms with Crippen LogP contribution in [0, 0.1) is 6.92 Å². The van der Waals surface area contributed by atoms with E-state index in [1.165, 1.54) is 10.4 Å². The van der Waals surface area contributed by atoms with Crippen molar-refractivity contribution in [1.29, 1.82) is 0 Å². The summed E-state index contributed by atoms with van der Waals surface area (Å²) in [5.74, 6) is 1.59. The lowest BCUT2D eigenvalue weighted by Crippen LogP contribution is -2.05. The molecule has 0 fully saturated rings. The predicted octanol–water partition coefficient (Wildman–Crippen LogP) is 4.89. The molecule has 3 rings (SSSR count). The fourth-order valence-corrected chi connectivity index (χ4v) is 3.54. The Morgan fingerprint density at radius 3 is 2.85 bits per heavy atom. The molecule has 0 saturated carbocycles. The number of aromatic nitrogens is 2. The van der Waals surface area contributed by atoms with Gasteiger partial charge in [0.05, 0.1) is 17.6 Å². The minimum Gasteiger partial charge on any atom is -0.323 e. The third-order valence-electron chi connectivity index (χ3n) is 3.38. The molecule has 0 radical (unpaired) electrons. The number of nitrogens with zero attached hydrogens (tertiary/aromatic N) is 2. The second kappa shape index (κ2) is 5.76. The van der Waals surface area contributed by atoms with Gasteiger partial charge in [0.2, 0.25) is 0 Å². The van der Waals surface area contributed by atoms with E-state index in [0.29, 0.717) is 5.88 Å². The van der Waals surface area contributed by atoms with E-state index in [2.05, 4.69) is 27.9 Å². The molecule has 5 heteroatoms. The number of hydrogen-bond donors (Lipinski definition) is 0. The van der Waals surface area contributed by atoms with Crippen molar-refractivity contribution >= 4 is 45.6 Å². The van der Waals surface area contributed by atoms with Crippen LogP contribution in [0.5, 0.6) is 0 Å². The lowest BCUT2D eigenvalue weighted by Gasteiger charge is -2.08. The monoisotopic (exact) mass is 324 g/mol. The standard InChI is InChI=1S/C15H14Cl2N2S/c1-10-5-7-20-14(10)9-19-13-8-11(17)2-3-12(13)18-15(19)4-6-16/h2-3,5,7-8H,4,6,9H2,1H3. The first-order valence-electron chi connectivity index (χ1n) is 6.42. The van der Waals surface area contributed by atoms with Gasteiger partial charge in [-0.1, -0.05) is 11.6 Å². The van der Waals surface area contributed by atoms with Crippen LogP contribution in [0.25, 0.3) is 11.0 Å². The first-order valence-corrected chi connectivity index (χ1v) is 8.22. The molecule has 2 aromatic heterocycles. The van der Waals surface area contributed by atoms with Gasteiger partial charge < -0.3 is 4.57 Å². The van der Waals surface area contributed by atoms with Gasteiger partial charge in [0, 0.05) is 22.2 Å². The number of thiophene rings is 1. The number of imidazole rings is 1. The lowest BCUT2D eigenvalue weighted by molar-refractivity contribution is 0.760. The van der Waals surface area contributed by atoms with Gasteiger partial charge in [0.15, 0.2) is 0 Å². The topological polar surface area (TPSA) is 17.8 Å². The molecule has 0 bridgehead atoms. The van der Waals surface area contributed by atoms with Crippen LogP contribution in [-0.4, -0.2) is 15.4 Å². The maximum absolute atomic E-state index is 6.13. The molecule has 0 atom stereocenters. The average molecular weight is 325 g/mol. The van der Waals surface area contributed by atoms with Crippen LogP contribution < -0.4 is 0 Å². The zero-order valence-corrected chi connectivity index (χ0v) is 13.4. The number of alkyl halides is 1. The Labute approximate surface area is 132 Å². The third kappa shape index (κ3) is 2.58. The normalized spacial score (nSPS) is 11.3. The number of fused-ring (bicyclic) bond motifs is 1. The summed E-state index contributed by atoms with van der Waals surface area (Å²) in [7, 11) is 0. The maximum atomic E-state index is 6.13. The van der Waals surface area contributed by atoms with Gasteiger partial charge in [-0.05, 0) is 42.1 Å². The van der Waals surface area contributed by atoms with Gasteiger partial charge >= 0.3 is 0 Å². The number of halogens is 2. The van der Waals surface area contributed by atoms with Crippen molar-refractivity contribution in [1.82, 2.24) is 9.55 Å². The van der Waals surface area contributed by atoms with Gasteiger partial charge in [-0.15, -0.1) is 22.9 Å². The van der Waals surface area contributed by atoms with Gasteiger partial charge in [0.1, 0.15) is 5.82 Å². The summed E-state index contributed by atoms with van der Waals surface area (Å²) >= 11 is 13.8. The number of aryl methyl sites for hydroxylation is 2. The number of benzene rings is 1. The summed E-state index contributed by atoms with van der Waals surface area (Å²) < 4.78 is 2.22. The van der Waals surface area contributed by atoms with E-state index in [1.54, 1.807) is 11.3 Å². The van der Waals surface area contributed by atoms with Crippen LogP contribution >= 0.6 is 34.5 Å². The molecule has 2 nitrogen and oxygen atoms in total. The Balaban J connectivity index is 2.12. The molecule has 0 spiro atoms. The smallest absolute Gasteiger partial charge is 0.111 e. The summed E-state index contributed by atoms with van der Waals surface area (Å²) in [5.41, 5.74) is 3.37. The van der Waals surface area contributed by atoms with E-state index in [-0.39, 0.29) is 0 Å². The lowest BCUT2D eigenvalue weighted by atomic mass is 10.2. The van der Waals surface area contributed by atoms with Crippen LogP contribution in [0.4, 0.5) is 0 Å². The number of hydrogen-bond acceptors (Lipinski definition) is 2. The molecular weight excluding hydrogens is 311 g/mol. The van der Waals surface area contributed by atoms with E-state index >= 15 is 0 Å². The molecule has 0 N–H and O–H groups in total. The Bertz CT molecular complexity index is 745. The predicted molar refractivity (Wildman–Crippen MR) is 87.3 cm³/mol. The molecule has 104 valence electrons. The first-order chi connectivity index (χ1) is 9.69. The highest BCUT2D eigenvalue weighted by Crippen LogP contribution is 2.25. The second-order valence-corrected chi connectivity index (χ2v) is 6.53. The molecule has 3 aromatic rings. The highest BCUT2D eigenvalue weighted by atomic mass is 35.5. The van der Waals surface area contributed by atoms with Crippen LogP contribution in [0.15, 0.2) is 29.6 Å². The van der Waals surface area contributed by atoms with Crippen molar-refractivity contribution in [3.8, 4) is 0 Å². The largest absolute Gasteiger partial charge is 0.323 e. The van der Waals surface area contributed by atoms with E-state index in [1.807, 2.05) is 18.2 Å². The molecule has 20 heavy (non-hydrogen) atoms. The fourth-order valence-electron chi connectivity index (χ4n) is 2.31. The minimum atomic E-state index is 0.570. The molecule has 0 saturated heterocycles. The SMILES string of the molecule is Cc1ccsc1Cn1c(CCCl)nc2ccc(Cl)cc21. The quantitative estimate of drug-likeness (QED) is 0.625. The molecule has 2 heterocycles. The zero-order valence-electron chi connectivity index (χ0n) is 11.1. The Hall–Kier alpha value is -1.03. The summed E-state index contributed by atoms with van der Waals surface area (Å²) in [6.45, 7) is 2.96. The zero-order chi connectivity index (χ0) is 14.1. The van der Waals surface area contributed by atoms with Gasteiger partial charge in [-0.25, -0.2) is 4.98 Å². The third-order valence-corrected chi connectivity index (χ3v) is 4.81. The van der Waals surface area contributed by atoms with Gasteiger partial charge in [0.25, 0.3) is 0 Å². The molecule has 0 amide bonds. The highest BCUT2D eigenvalue weighted by molar-refractivity contribution is 7.10. The van der Waals surface area contributed by atoms with Gasteiger partial charge in [-0.2, -0.15) is 0 Å². The second-order valence-electron chi connectivity index (χ2n) is 4.71. The van der Waals surface area contributed by atoms with E-state index in [9.17, 15) is 0 Å². The van der Waals surface area contributed by atoms with E-state index < -0.39 is 0 Å². The Kier molecular flexibility index (Phi) is 4.01. The summed E-state index contributed by atoms with van der Waals surface area (Å²) in [5, 5.41) is 2.86. The average Bonchev–Trinajstić information content (AvgIpc) is 2.96. The fraction of sp³-hybridized carbons (Fsp3) is 0.267. The van der Waals surface area contributed by atoms with E-state index in [0.717, 1.165) is 34.8 Å². The Morgan fingerprint density at radius 2 is 2.15 bits per heavy atom. The molecule has 0 aliphatic heterocycles. The van der Waals surface area contributed by atoms with Crippen LogP contribution in [0.2, 0.25) is 5.02 Å². The minimum absolute atomic E-state index is 0.570. The van der Waals surface area contributed by atoms with Crippen molar-refractivity contribution in [3.63, 3.8) is 0 Å². The molecule has 1 aromatic carbocycles. The summed E-state index contributed by atoms with van der Waals surface area (Å²) in [6.07, 6.45) is 0.762. The maximum Gasteiger partial charge on any atom is 0.111 e.